The van der Waals surface area contributed by atoms with E-state index in [-0.39, 0.29) is 17.9 Å². The lowest BCUT2D eigenvalue weighted by atomic mass is 10.0. The number of benzene rings is 1. The number of fused-ring (bicyclic) bond motifs is 2. The van der Waals surface area contributed by atoms with E-state index in [9.17, 15) is 18.4 Å². The van der Waals surface area contributed by atoms with Gasteiger partial charge in [-0.1, -0.05) is 0 Å². The fourth-order valence-corrected chi connectivity index (χ4v) is 4.58. The van der Waals surface area contributed by atoms with Crippen molar-refractivity contribution in [2.24, 2.45) is 0 Å². The maximum absolute atomic E-state index is 13.2. The number of hydrazine groups is 1. The third-order valence-electron chi connectivity index (χ3n) is 5.32. The molecule has 1 aliphatic rings. The first-order valence-corrected chi connectivity index (χ1v) is 11.2. The monoisotopic (exact) mass is 500 g/mol. The molecular weight excluding hydrogens is 482 g/mol. The Labute approximate surface area is 200 Å². The highest BCUT2D eigenvalue weighted by Gasteiger charge is 2.32. The van der Waals surface area contributed by atoms with E-state index >= 15 is 0 Å². The molecule has 4 aromatic rings. The first-order chi connectivity index (χ1) is 16.9. The summed E-state index contributed by atoms with van der Waals surface area (Å²) in [6, 6.07) is 5.90. The highest BCUT2D eigenvalue weighted by molar-refractivity contribution is 7.17. The Morgan fingerprint density at radius 1 is 1.34 bits per heavy atom. The van der Waals surface area contributed by atoms with Crippen LogP contribution in [0.4, 0.5) is 8.78 Å². The highest BCUT2D eigenvalue weighted by atomic mass is 32.1. The average Bonchev–Trinajstić information content (AvgIpc) is 3.56. The first kappa shape index (κ1) is 22.7. The molecule has 1 aromatic carbocycles. The molecular formula is C22H18F2N6O4S. The number of carbonyl (C=O) groups is 2. The van der Waals surface area contributed by atoms with Gasteiger partial charge in [0.25, 0.3) is 5.91 Å². The summed E-state index contributed by atoms with van der Waals surface area (Å²) in [7, 11) is 1.25. The van der Waals surface area contributed by atoms with Crippen molar-refractivity contribution in [2.45, 2.75) is 12.7 Å². The van der Waals surface area contributed by atoms with E-state index < -0.39 is 24.5 Å². The molecule has 13 heteroatoms. The maximum Gasteiger partial charge on any atom is 0.387 e. The number of ether oxygens (including phenoxy) is 2. The van der Waals surface area contributed by atoms with Gasteiger partial charge >= 0.3 is 12.6 Å². The predicted molar refractivity (Wildman–Crippen MR) is 122 cm³/mol. The van der Waals surface area contributed by atoms with Crippen molar-refractivity contribution < 1.29 is 27.8 Å². The molecule has 2 N–H and O–H groups in total. The standard InChI is InChI=1S/C22H18F2N6O4S/c1-33-18(31)11-29-10-15(27-21(32)14-9-26-30-5-2-4-25-20(14)30)19(28-29)13-8-17-12(3-6-35-17)7-16(13)34-22(23)24/h2-10,19,22,28H,11H2,1H3,(H,27,32). The molecule has 0 bridgehead atoms. The second-order valence-corrected chi connectivity index (χ2v) is 8.43. The molecule has 0 aliphatic carbocycles. The molecule has 0 saturated carbocycles. The van der Waals surface area contributed by atoms with Crippen molar-refractivity contribution in [3.63, 3.8) is 0 Å². The molecule has 1 amide bonds. The Balaban J connectivity index is 1.52. The number of carbonyl (C=O) groups excluding carboxylic acids is 2. The third-order valence-corrected chi connectivity index (χ3v) is 6.20. The predicted octanol–water partition coefficient (Wildman–Crippen LogP) is 2.85. The summed E-state index contributed by atoms with van der Waals surface area (Å²) in [6.45, 7) is -3.24. The van der Waals surface area contributed by atoms with E-state index in [2.05, 4.69) is 20.8 Å². The lowest BCUT2D eigenvalue weighted by Crippen LogP contribution is -2.37. The summed E-state index contributed by atoms with van der Waals surface area (Å²) in [5, 5.41) is 10.9. The van der Waals surface area contributed by atoms with Crippen LogP contribution in [0.1, 0.15) is 22.0 Å². The molecule has 0 saturated heterocycles. The van der Waals surface area contributed by atoms with Gasteiger partial charge in [-0.15, -0.1) is 11.3 Å². The number of hydrogen-bond acceptors (Lipinski definition) is 9. The molecule has 1 unspecified atom stereocenters. The van der Waals surface area contributed by atoms with Gasteiger partial charge < -0.3 is 19.8 Å². The minimum atomic E-state index is -3.05. The molecule has 1 atom stereocenters. The number of nitrogens with zero attached hydrogens (tertiary/aromatic N) is 4. The van der Waals surface area contributed by atoms with Crippen LogP contribution in [-0.2, 0) is 9.53 Å². The number of aromatic nitrogens is 3. The topological polar surface area (TPSA) is 110 Å². The van der Waals surface area contributed by atoms with Crippen LogP contribution in [0.5, 0.6) is 5.75 Å². The molecule has 4 heterocycles. The number of amides is 1. The SMILES string of the molecule is COC(=O)CN1C=C(NC(=O)c2cnn3cccnc23)C(c2cc3sccc3cc2OC(F)F)N1. The van der Waals surface area contributed by atoms with Gasteiger partial charge in [-0.05, 0) is 35.0 Å². The lowest BCUT2D eigenvalue weighted by Gasteiger charge is -2.22. The van der Waals surface area contributed by atoms with Crippen molar-refractivity contribution in [3.05, 3.63) is 71.3 Å². The van der Waals surface area contributed by atoms with Crippen LogP contribution in [0.2, 0.25) is 0 Å². The molecule has 10 nitrogen and oxygen atoms in total. The van der Waals surface area contributed by atoms with Crippen molar-refractivity contribution >= 4 is 38.9 Å². The molecule has 0 fully saturated rings. The Kier molecular flexibility index (Phi) is 6.01. The average molecular weight is 500 g/mol. The molecule has 1 aliphatic heterocycles. The van der Waals surface area contributed by atoms with Crippen LogP contribution >= 0.6 is 11.3 Å². The fraction of sp³-hybridized carbons (Fsp3) is 0.182. The Hall–Kier alpha value is -4.10. The molecule has 0 spiro atoms. The van der Waals surface area contributed by atoms with Crippen molar-refractivity contribution in [1.82, 2.24) is 30.3 Å². The normalized spacial score (nSPS) is 15.6. The third kappa shape index (κ3) is 4.50. The number of hydrogen-bond donors (Lipinski definition) is 2. The zero-order chi connectivity index (χ0) is 24.5. The number of halogens is 2. The van der Waals surface area contributed by atoms with Gasteiger partial charge in [0.05, 0.1) is 25.0 Å². The fourth-order valence-electron chi connectivity index (χ4n) is 3.77. The highest BCUT2D eigenvalue weighted by Crippen LogP contribution is 2.38. The summed E-state index contributed by atoms with van der Waals surface area (Å²) >= 11 is 1.43. The van der Waals surface area contributed by atoms with Crippen molar-refractivity contribution in [3.8, 4) is 5.75 Å². The molecule has 180 valence electrons. The Bertz CT molecular complexity index is 1450. The molecule has 5 rings (SSSR count). The first-order valence-electron chi connectivity index (χ1n) is 10.3. The smallest absolute Gasteiger partial charge is 0.387 e. The van der Waals surface area contributed by atoms with Crippen LogP contribution in [0.15, 0.2) is 60.1 Å². The Morgan fingerprint density at radius 3 is 3.00 bits per heavy atom. The van der Waals surface area contributed by atoms with E-state index in [0.717, 1.165) is 10.1 Å². The quantitative estimate of drug-likeness (QED) is 0.373. The summed E-state index contributed by atoms with van der Waals surface area (Å²) < 4.78 is 38.3. The number of esters is 1. The van der Waals surface area contributed by atoms with Crippen molar-refractivity contribution in [1.29, 1.82) is 0 Å². The van der Waals surface area contributed by atoms with Crippen LogP contribution in [0, 0.1) is 0 Å². The molecule has 35 heavy (non-hydrogen) atoms. The van der Waals surface area contributed by atoms with Gasteiger partial charge in [-0.3, -0.25) is 9.59 Å². The van der Waals surface area contributed by atoms with Gasteiger partial charge in [-0.2, -0.15) is 13.9 Å². The van der Waals surface area contributed by atoms with E-state index in [4.69, 9.17) is 9.47 Å². The molecule has 0 radical (unpaired) electrons. The zero-order valence-corrected chi connectivity index (χ0v) is 19.0. The van der Waals surface area contributed by atoms with E-state index in [1.807, 2.05) is 5.38 Å². The zero-order valence-electron chi connectivity index (χ0n) is 18.1. The number of methoxy groups -OCH3 is 1. The van der Waals surface area contributed by atoms with Gasteiger partial charge in [-0.25, -0.2) is 14.9 Å². The van der Waals surface area contributed by atoms with E-state index in [1.54, 1.807) is 24.4 Å². The van der Waals surface area contributed by atoms with E-state index in [1.165, 1.54) is 52.6 Å². The van der Waals surface area contributed by atoms with Crippen LogP contribution in [0.3, 0.4) is 0 Å². The summed E-state index contributed by atoms with van der Waals surface area (Å²) in [5.74, 6) is -1.10. The van der Waals surface area contributed by atoms with Gasteiger partial charge in [0.1, 0.15) is 17.9 Å². The Morgan fingerprint density at radius 2 is 2.20 bits per heavy atom. The number of alkyl halides is 2. The summed E-state index contributed by atoms with van der Waals surface area (Å²) in [6.07, 6.45) is 6.07. The van der Waals surface area contributed by atoms with Gasteiger partial charge in [0.15, 0.2) is 5.65 Å². The second-order valence-electron chi connectivity index (χ2n) is 7.48. The van der Waals surface area contributed by atoms with Gasteiger partial charge in [0.2, 0.25) is 0 Å². The summed E-state index contributed by atoms with van der Waals surface area (Å²) in [4.78, 5) is 29.2. The summed E-state index contributed by atoms with van der Waals surface area (Å²) in [5.41, 5.74) is 4.28. The number of nitrogens with one attached hydrogen (secondary N) is 2. The number of thiophene rings is 1. The molecule has 3 aromatic heterocycles. The van der Waals surface area contributed by atoms with Crippen LogP contribution in [0.25, 0.3) is 15.7 Å². The van der Waals surface area contributed by atoms with Crippen LogP contribution < -0.4 is 15.5 Å². The minimum Gasteiger partial charge on any atom is -0.468 e. The minimum absolute atomic E-state index is 0.0545. The maximum atomic E-state index is 13.2. The second kappa shape index (κ2) is 9.27. The number of rotatable bonds is 7. The lowest BCUT2D eigenvalue weighted by molar-refractivity contribution is -0.141. The van der Waals surface area contributed by atoms with Crippen LogP contribution in [-0.4, -0.2) is 51.7 Å². The largest absolute Gasteiger partial charge is 0.468 e. The van der Waals surface area contributed by atoms with E-state index in [0.29, 0.717) is 16.9 Å². The van der Waals surface area contributed by atoms with Gasteiger partial charge in [0, 0.05) is 28.9 Å². The van der Waals surface area contributed by atoms with Crippen molar-refractivity contribution in [2.75, 3.05) is 13.7 Å².